The van der Waals surface area contributed by atoms with Crippen LogP contribution in [0.5, 0.6) is 5.75 Å². The van der Waals surface area contributed by atoms with Gasteiger partial charge < -0.3 is 19.5 Å². The second-order valence-corrected chi connectivity index (χ2v) is 6.38. The van der Waals surface area contributed by atoms with Crippen molar-refractivity contribution < 1.29 is 14.1 Å². The summed E-state index contributed by atoms with van der Waals surface area (Å²) in [5, 5.41) is 7.00. The topological polar surface area (TPSA) is 67.6 Å². The van der Waals surface area contributed by atoms with Crippen LogP contribution in [0.15, 0.2) is 35.1 Å². The number of carbonyl (C=O) groups is 1. The molecular formula is C19H25N3O3. The summed E-state index contributed by atoms with van der Waals surface area (Å²) in [4.78, 5) is 14.5. The number of anilines is 1. The number of likely N-dealkylation sites (tertiary alicyclic amines) is 1. The maximum atomic E-state index is 12.7. The van der Waals surface area contributed by atoms with Crippen LogP contribution in [0.4, 0.5) is 10.5 Å². The summed E-state index contributed by atoms with van der Waals surface area (Å²) in [5.41, 5.74) is 2.60. The number of amides is 2. The number of carbonyl (C=O) groups excluding carboxylic acids is 1. The van der Waals surface area contributed by atoms with E-state index in [1.165, 1.54) is 0 Å². The molecule has 0 spiro atoms. The highest BCUT2D eigenvalue weighted by Gasteiger charge is 2.31. The maximum absolute atomic E-state index is 12.7. The Morgan fingerprint density at radius 2 is 2.32 bits per heavy atom. The van der Waals surface area contributed by atoms with Crippen molar-refractivity contribution in [3.05, 3.63) is 41.8 Å². The fourth-order valence-electron chi connectivity index (χ4n) is 3.10. The van der Waals surface area contributed by atoms with E-state index in [9.17, 15) is 4.79 Å². The van der Waals surface area contributed by atoms with Crippen LogP contribution in [-0.4, -0.2) is 29.2 Å². The number of rotatable bonds is 6. The number of aryl methyl sites for hydroxylation is 1. The average Bonchev–Trinajstić information content (AvgIpc) is 3.28. The molecular weight excluding hydrogens is 318 g/mol. The van der Waals surface area contributed by atoms with E-state index in [-0.39, 0.29) is 12.1 Å². The van der Waals surface area contributed by atoms with Crippen molar-refractivity contribution in [2.45, 2.75) is 45.6 Å². The number of nitrogens with one attached hydrogen (secondary N) is 1. The van der Waals surface area contributed by atoms with Gasteiger partial charge in [0.05, 0.1) is 12.6 Å². The van der Waals surface area contributed by atoms with Gasteiger partial charge in [-0.25, -0.2) is 4.79 Å². The van der Waals surface area contributed by atoms with Crippen LogP contribution < -0.4 is 10.1 Å². The molecule has 134 valence electrons. The Morgan fingerprint density at radius 1 is 1.44 bits per heavy atom. The highest BCUT2D eigenvalue weighted by Crippen LogP contribution is 2.32. The first-order chi connectivity index (χ1) is 12.2. The fraction of sp³-hybridized carbons (Fsp3) is 0.474. The smallest absolute Gasteiger partial charge is 0.322 e. The molecule has 1 fully saturated rings. The van der Waals surface area contributed by atoms with Crippen LogP contribution in [0, 0.1) is 6.92 Å². The second kappa shape index (κ2) is 8.05. The van der Waals surface area contributed by atoms with E-state index in [0.29, 0.717) is 0 Å². The van der Waals surface area contributed by atoms with E-state index in [2.05, 4.69) is 17.4 Å². The highest BCUT2D eigenvalue weighted by atomic mass is 16.5. The van der Waals surface area contributed by atoms with Gasteiger partial charge in [-0.1, -0.05) is 18.5 Å². The Hall–Kier alpha value is -2.50. The van der Waals surface area contributed by atoms with Gasteiger partial charge in [-0.3, -0.25) is 0 Å². The summed E-state index contributed by atoms with van der Waals surface area (Å²) in [6, 6.07) is 7.46. The Kier molecular flexibility index (Phi) is 5.58. The molecule has 2 aromatic rings. The second-order valence-electron chi connectivity index (χ2n) is 6.38. The van der Waals surface area contributed by atoms with Crippen molar-refractivity contribution in [1.29, 1.82) is 0 Å². The summed E-state index contributed by atoms with van der Waals surface area (Å²) in [5.74, 6) is 0.839. The Balaban J connectivity index is 1.64. The number of unbranched alkanes of at least 4 members (excludes halogenated alkanes) is 1. The molecule has 2 heterocycles. The third-order valence-electron chi connectivity index (χ3n) is 4.52. The first-order valence-corrected chi connectivity index (χ1v) is 8.90. The van der Waals surface area contributed by atoms with Gasteiger partial charge in [-0.05, 0) is 49.9 Å². The third kappa shape index (κ3) is 4.13. The molecule has 1 aliphatic heterocycles. The molecule has 25 heavy (non-hydrogen) atoms. The van der Waals surface area contributed by atoms with Gasteiger partial charge in [-0.15, -0.1) is 0 Å². The number of nitrogens with zero attached hydrogens (tertiary/aromatic N) is 2. The number of hydrogen-bond acceptors (Lipinski definition) is 4. The van der Waals surface area contributed by atoms with Gasteiger partial charge >= 0.3 is 6.03 Å². The summed E-state index contributed by atoms with van der Waals surface area (Å²) in [6.07, 6.45) is 5.56. The van der Waals surface area contributed by atoms with Crippen molar-refractivity contribution in [2.75, 3.05) is 18.5 Å². The first kappa shape index (κ1) is 17.3. The number of aromatic nitrogens is 1. The van der Waals surface area contributed by atoms with Crippen molar-refractivity contribution in [1.82, 2.24) is 10.1 Å². The normalized spacial score (nSPS) is 16.9. The van der Waals surface area contributed by atoms with E-state index in [4.69, 9.17) is 9.26 Å². The minimum Gasteiger partial charge on any atom is -0.494 e. The Labute approximate surface area is 148 Å². The van der Waals surface area contributed by atoms with Crippen molar-refractivity contribution in [3.8, 4) is 5.75 Å². The molecule has 1 N–H and O–H groups in total. The van der Waals surface area contributed by atoms with Gasteiger partial charge in [0.1, 0.15) is 17.7 Å². The van der Waals surface area contributed by atoms with E-state index in [1.807, 2.05) is 36.1 Å². The molecule has 0 aliphatic carbocycles. The molecule has 6 nitrogen and oxygen atoms in total. The molecule has 0 bridgehead atoms. The lowest BCUT2D eigenvalue weighted by Gasteiger charge is -2.24. The van der Waals surface area contributed by atoms with E-state index in [0.717, 1.165) is 61.5 Å². The predicted molar refractivity (Wildman–Crippen MR) is 95.8 cm³/mol. The molecule has 1 saturated heterocycles. The minimum absolute atomic E-state index is 0.0179. The van der Waals surface area contributed by atoms with Crippen LogP contribution in [0.1, 0.15) is 49.9 Å². The number of hydrogen-bond donors (Lipinski definition) is 1. The molecule has 0 radical (unpaired) electrons. The van der Waals surface area contributed by atoms with Gasteiger partial charge in [-0.2, -0.15) is 0 Å². The van der Waals surface area contributed by atoms with E-state index >= 15 is 0 Å². The van der Waals surface area contributed by atoms with Crippen molar-refractivity contribution >= 4 is 11.7 Å². The van der Waals surface area contributed by atoms with Crippen LogP contribution >= 0.6 is 0 Å². The van der Waals surface area contributed by atoms with E-state index in [1.54, 1.807) is 6.26 Å². The summed E-state index contributed by atoms with van der Waals surface area (Å²) < 4.78 is 10.6. The van der Waals surface area contributed by atoms with Crippen LogP contribution in [0.25, 0.3) is 0 Å². The minimum atomic E-state index is -0.103. The van der Waals surface area contributed by atoms with Crippen molar-refractivity contribution in [3.63, 3.8) is 0 Å². The molecule has 0 saturated carbocycles. The maximum Gasteiger partial charge on any atom is 0.322 e. The molecule has 0 unspecified atom stereocenters. The number of benzene rings is 1. The lowest BCUT2D eigenvalue weighted by molar-refractivity contribution is 0.204. The zero-order chi connectivity index (χ0) is 17.6. The highest BCUT2D eigenvalue weighted by molar-refractivity contribution is 5.90. The zero-order valence-electron chi connectivity index (χ0n) is 14.8. The fourth-order valence-corrected chi connectivity index (χ4v) is 3.10. The molecule has 6 heteroatoms. The summed E-state index contributed by atoms with van der Waals surface area (Å²) >= 11 is 0. The largest absolute Gasteiger partial charge is 0.494 e. The molecule has 1 aliphatic rings. The Bertz CT molecular complexity index is 700. The average molecular weight is 343 g/mol. The summed E-state index contributed by atoms with van der Waals surface area (Å²) in [7, 11) is 0. The number of urea groups is 1. The molecule has 1 aromatic heterocycles. The van der Waals surface area contributed by atoms with Crippen molar-refractivity contribution in [2.24, 2.45) is 0 Å². The molecule has 2 amide bonds. The van der Waals surface area contributed by atoms with Gasteiger partial charge in [0.15, 0.2) is 0 Å². The van der Waals surface area contributed by atoms with E-state index < -0.39 is 0 Å². The quantitative estimate of drug-likeness (QED) is 0.782. The summed E-state index contributed by atoms with van der Waals surface area (Å²) in [6.45, 7) is 5.55. The van der Waals surface area contributed by atoms with Crippen LogP contribution in [0.3, 0.4) is 0 Å². The van der Waals surface area contributed by atoms with Crippen LogP contribution in [0.2, 0.25) is 0 Å². The van der Waals surface area contributed by atoms with Gasteiger partial charge in [0.25, 0.3) is 0 Å². The number of ether oxygens (including phenoxy) is 1. The lowest BCUT2D eigenvalue weighted by Crippen LogP contribution is -2.34. The third-order valence-corrected chi connectivity index (χ3v) is 4.52. The van der Waals surface area contributed by atoms with Gasteiger partial charge in [0, 0.05) is 18.3 Å². The van der Waals surface area contributed by atoms with Crippen LogP contribution in [-0.2, 0) is 0 Å². The lowest BCUT2D eigenvalue weighted by atomic mass is 10.1. The first-order valence-electron chi connectivity index (χ1n) is 8.90. The predicted octanol–water partition coefficient (Wildman–Crippen LogP) is 4.53. The standard InChI is InChI=1S/C19H25N3O3/c1-3-4-11-24-15-7-8-16(14(2)13-15)20-19(23)22-10-5-6-18(22)17-9-12-25-21-17/h7-9,12-13,18H,3-6,10-11H2,1-2H3,(H,20,23)/t18-/m0/s1. The Morgan fingerprint density at radius 3 is 3.04 bits per heavy atom. The SMILES string of the molecule is CCCCOc1ccc(NC(=O)N2CCC[C@H]2c2ccon2)c(C)c1. The molecule has 1 aromatic carbocycles. The molecule has 1 atom stereocenters. The molecule has 3 rings (SSSR count). The van der Waals surface area contributed by atoms with Gasteiger partial charge in [0.2, 0.25) is 0 Å². The monoisotopic (exact) mass is 343 g/mol. The zero-order valence-corrected chi connectivity index (χ0v) is 14.8.